The number of amides is 1. The van der Waals surface area contributed by atoms with Crippen LogP contribution in [-0.4, -0.2) is 61.6 Å². The van der Waals surface area contributed by atoms with Crippen LogP contribution in [0.2, 0.25) is 0 Å². The average Bonchev–Trinajstić information content (AvgIpc) is 3.17. The third kappa shape index (κ3) is 6.07. The Balaban J connectivity index is 1.50. The lowest BCUT2D eigenvalue weighted by atomic mass is 10.1. The maximum Gasteiger partial charge on any atom is 0.411 e. The van der Waals surface area contributed by atoms with Gasteiger partial charge in [0.1, 0.15) is 5.75 Å². The van der Waals surface area contributed by atoms with Crippen LogP contribution < -0.4 is 15.8 Å². The molecule has 1 aromatic heterocycles. The molecule has 35 heavy (non-hydrogen) atoms. The predicted molar refractivity (Wildman–Crippen MR) is 140 cm³/mol. The van der Waals surface area contributed by atoms with Crippen molar-refractivity contribution in [3.63, 3.8) is 0 Å². The fraction of sp³-hybridized carbons (Fsp3) is 0.444. The van der Waals surface area contributed by atoms with Gasteiger partial charge in [-0.15, -0.1) is 0 Å². The number of nitrogens with zero attached hydrogens (tertiary/aromatic N) is 2. The highest BCUT2D eigenvalue weighted by Gasteiger charge is 2.17. The molecule has 1 saturated heterocycles. The van der Waals surface area contributed by atoms with Gasteiger partial charge in [-0.25, -0.2) is 4.79 Å². The minimum absolute atomic E-state index is 0.389. The van der Waals surface area contributed by atoms with E-state index in [-0.39, 0.29) is 0 Å². The molecule has 8 heteroatoms. The highest BCUT2D eigenvalue weighted by molar-refractivity contribution is 6.02. The van der Waals surface area contributed by atoms with Gasteiger partial charge < -0.3 is 24.5 Å². The van der Waals surface area contributed by atoms with Crippen LogP contribution in [0.4, 0.5) is 16.2 Å². The van der Waals surface area contributed by atoms with Gasteiger partial charge in [0.25, 0.3) is 0 Å². The van der Waals surface area contributed by atoms with Gasteiger partial charge in [0.15, 0.2) is 0 Å². The van der Waals surface area contributed by atoms with Gasteiger partial charge in [0.05, 0.1) is 43.3 Å². The van der Waals surface area contributed by atoms with Gasteiger partial charge >= 0.3 is 6.09 Å². The van der Waals surface area contributed by atoms with E-state index in [9.17, 15) is 4.79 Å². The molecule has 0 saturated carbocycles. The van der Waals surface area contributed by atoms with Gasteiger partial charge in [0, 0.05) is 48.9 Å². The maximum atomic E-state index is 12.0. The number of aromatic nitrogens is 1. The number of nitrogens with two attached hydrogens (primary N) is 1. The average molecular weight is 481 g/mol. The highest BCUT2D eigenvalue weighted by Crippen LogP contribution is 2.38. The van der Waals surface area contributed by atoms with Crippen LogP contribution in [0.15, 0.2) is 42.5 Å². The minimum Gasteiger partial charge on any atom is -0.493 e. The first-order chi connectivity index (χ1) is 17.1. The molecule has 4 rings (SSSR count). The molecule has 2 aromatic carbocycles. The van der Waals surface area contributed by atoms with Crippen molar-refractivity contribution < 1.29 is 19.0 Å². The van der Waals surface area contributed by atoms with Crippen LogP contribution in [0.25, 0.3) is 22.2 Å². The summed E-state index contributed by atoms with van der Waals surface area (Å²) in [7, 11) is 0. The molecule has 1 aliphatic rings. The topological polar surface area (TPSA) is 91.0 Å². The summed E-state index contributed by atoms with van der Waals surface area (Å²) >= 11 is 0. The maximum absolute atomic E-state index is 12.0. The number of benzene rings is 2. The van der Waals surface area contributed by atoms with Gasteiger partial charge in [-0.3, -0.25) is 10.2 Å². The Morgan fingerprint density at radius 2 is 1.94 bits per heavy atom. The molecular weight excluding hydrogens is 444 g/mol. The monoisotopic (exact) mass is 480 g/mol. The molecule has 0 atom stereocenters. The van der Waals surface area contributed by atoms with Crippen molar-refractivity contribution in [1.29, 1.82) is 0 Å². The number of aryl methyl sites for hydroxylation is 1. The van der Waals surface area contributed by atoms with E-state index in [1.165, 1.54) is 0 Å². The second-order valence-electron chi connectivity index (χ2n) is 8.68. The zero-order valence-corrected chi connectivity index (χ0v) is 20.7. The second kappa shape index (κ2) is 12.0. The van der Waals surface area contributed by atoms with E-state index in [1.807, 2.05) is 43.3 Å². The number of ether oxygens (including phenoxy) is 3. The highest BCUT2D eigenvalue weighted by atomic mass is 16.5. The van der Waals surface area contributed by atoms with Gasteiger partial charge in [-0.1, -0.05) is 19.1 Å². The molecule has 1 aliphatic heterocycles. The van der Waals surface area contributed by atoms with E-state index in [0.29, 0.717) is 24.6 Å². The Morgan fingerprint density at radius 3 is 2.71 bits per heavy atom. The lowest BCUT2D eigenvalue weighted by molar-refractivity contribution is 0.0358. The number of anilines is 2. The Labute approximate surface area is 206 Å². The smallest absolute Gasteiger partial charge is 0.411 e. The summed E-state index contributed by atoms with van der Waals surface area (Å²) in [5, 5.41) is 3.79. The summed E-state index contributed by atoms with van der Waals surface area (Å²) in [5.74, 6) is 0.840. The van der Waals surface area contributed by atoms with Crippen molar-refractivity contribution in [1.82, 2.24) is 9.47 Å². The molecule has 188 valence electrons. The van der Waals surface area contributed by atoms with Crippen LogP contribution >= 0.6 is 0 Å². The molecular formula is C27H36N4O4. The van der Waals surface area contributed by atoms with Crippen molar-refractivity contribution in [2.24, 2.45) is 0 Å². The van der Waals surface area contributed by atoms with Crippen molar-refractivity contribution in [2.45, 2.75) is 33.2 Å². The molecule has 0 radical (unpaired) electrons. The van der Waals surface area contributed by atoms with Crippen LogP contribution in [0.5, 0.6) is 5.75 Å². The number of hydrogen-bond acceptors (Lipinski definition) is 6. The van der Waals surface area contributed by atoms with Gasteiger partial charge in [-0.05, 0) is 44.0 Å². The van der Waals surface area contributed by atoms with Crippen molar-refractivity contribution in [2.75, 3.05) is 57.1 Å². The van der Waals surface area contributed by atoms with Gasteiger partial charge in [0.2, 0.25) is 0 Å². The van der Waals surface area contributed by atoms with E-state index in [1.54, 1.807) is 0 Å². The lowest BCUT2D eigenvalue weighted by Gasteiger charge is -2.26. The molecule has 3 N–H and O–H groups in total. The van der Waals surface area contributed by atoms with E-state index in [0.717, 1.165) is 80.1 Å². The van der Waals surface area contributed by atoms with Crippen molar-refractivity contribution in [3.05, 3.63) is 42.5 Å². The van der Waals surface area contributed by atoms with Crippen LogP contribution in [0, 0.1) is 0 Å². The summed E-state index contributed by atoms with van der Waals surface area (Å²) in [4.78, 5) is 14.4. The Hall–Kier alpha value is -3.23. The largest absolute Gasteiger partial charge is 0.493 e. The standard InChI is InChI=1S/C27H36N4O4/c1-3-14-35-27(32)29-21-8-5-7-20(18-21)26-25(28)23-10-9-22(19-24(23)31(26)4-2)34-15-6-11-30-12-16-33-17-13-30/h5,7-10,18-19H,3-4,6,11-17,28H2,1-2H3,(H,29,32). The summed E-state index contributed by atoms with van der Waals surface area (Å²) in [5.41, 5.74) is 10.9. The summed E-state index contributed by atoms with van der Waals surface area (Å²) in [6, 6.07) is 13.8. The number of morpholine rings is 1. The van der Waals surface area contributed by atoms with E-state index >= 15 is 0 Å². The first kappa shape index (κ1) is 24.9. The molecule has 8 nitrogen and oxygen atoms in total. The number of rotatable bonds is 10. The van der Waals surface area contributed by atoms with Crippen molar-refractivity contribution in [3.8, 4) is 17.0 Å². The quantitative estimate of drug-likeness (QED) is 0.398. The number of carbonyl (C=O) groups excluding carboxylic acids is 1. The normalized spacial score (nSPS) is 14.2. The zero-order valence-electron chi connectivity index (χ0n) is 20.7. The first-order valence-corrected chi connectivity index (χ1v) is 12.5. The minimum atomic E-state index is -0.455. The Bertz CT molecular complexity index is 1140. The molecule has 0 aliphatic carbocycles. The molecule has 3 aromatic rings. The summed E-state index contributed by atoms with van der Waals surface area (Å²) in [6.45, 7) is 10.5. The number of nitrogens with one attached hydrogen (secondary N) is 1. The fourth-order valence-corrected chi connectivity index (χ4v) is 4.48. The van der Waals surface area contributed by atoms with E-state index in [4.69, 9.17) is 19.9 Å². The number of fused-ring (bicyclic) bond motifs is 1. The fourth-order valence-electron chi connectivity index (χ4n) is 4.48. The third-order valence-electron chi connectivity index (χ3n) is 6.20. The molecule has 1 amide bonds. The lowest BCUT2D eigenvalue weighted by Crippen LogP contribution is -2.37. The number of hydrogen-bond donors (Lipinski definition) is 2. The number of carbonyl (C=O) groups is 1. The first-order valence-electron chi connectivity index (χ1n) is 12.5. The Kier molecular flexibility index (Phi) is 8.50. The van der Waals surface area contributed by atoms with E-state index < -0.39 is 6.09 Å². The van der Waals surface area contributed by atoms with Crippen LogP contribution in [-0.2, 0) is 16.0 Å². The third-order valence-corrected chi connectivity index (χ3v) is 6.20. The molecule has 0 unspecified atom stereocenters. The SMILES string of the molecule is CCCOC(=O)Nc1cccc(-c2c(N)c3ccc(OCCCN4CCOCC4)cc3n2CC)c1. The molecule has 2 heterocycles. The van der Waals surface area contributed by atoms with Crippen LogP contribution in [0.1, 0.15) is 26.7 Å². The summed E-state index contributed by atoms with van der Waals surface area (Å²) < 4.78 is 18.8. The number of nitrogen functional groups attached to an aromatic ring is 1. The molecule has 0 bridgehead atoms. The predicted octanol–water partition coefficient (Wildman–Crippen LogP) is 4.97. The Morgan fingerprint density at radius 1 is 1.11 bits per heavy atom. The second-order valence-corrected chi connectivity index (χ2v) is 8.68. The van der Waals surface area contributed by atoms with Gasteiger partial charge in [-0.2, -0.15) is 0 Å². The summed E-state index contributed by atoms with van der Waals surface area (Å²) in [6.07, 6.45) is 1.30. The van der Waals surface area contributed by atoms with E-state index in [2.05, 4.69) is 27.8 Å². The van der Waals surface area contributed by atoms with Crippen LogP contribution in [0.3, 0.4) is 0 Å². The van der Waals surface area contributed by atoms with Crippen molar-refractivity contribution >= 4 is 28.4 Å². The zero-order chi connectivity index (χ0) is 24.6. The molecule has 1 fully saturated rings. The molecule has 0 spiro atoms.